The Labute approximate surface area is 108 Å². The minimum atomic E-state index is -0.883. The van der Waals surface area contributed by atoms with Crippen LogP contribution < -0.4 is 0 Å². The molecule has 0 aliphatic heterocycles. The first-order valence-corrected chi connectivity index (χ1v) is 5.74. The maximum Gasteiger partial charge on any atom is 0.305 e. The molecule has 0 fully saturated rings. The molecule has 94 valence electrons. The van der Waals surface area contributed by atoms with Crippen LogP contribution in [0.1, 0.15) is 17.8 Å². The summed E-state index contributed by atoms with van der Waals surface area (Å²) in [4.78, 5) is 11.7. The van der Waals surface area contributed by atoms with Crippen LogP contribution in [0.25, 0.3) is 0 Å². The van der Waals surface area contributed by atoms with Crippen LogP contribution >= 0.6 is 11.6 Å². The van der Waals surface area contributed by atoms with Gasteiger partial charge in [-0.15, -0.1) is 10.2 Å². The fraction of sp³-hybridized carbons (Fsp3) is 0.273. The van der Waals surface area contributed by atoms with Gasteiger partial charge < -0.3 is 5.11 Å². The normalized spacial score (nSPS) is 10.5. The van der Waals surface area contributed by atoms with Crippen LogP contribution in [-0.4, -0.2) is 31.3 Å². The highest BCUT2D eigenvalue weighted by Crippen LogP contribution is 2.11. The number of hydrogen-bond acceptors (Lipinski definition) is 4. The van der Waals surface area contributed by atoms with Gasteiger partial charge >= 0.3 is 5.97 Å². The van der Waals surface area contributed by atoms with Gasteiger partial charge in [0.1, 0.15) is 0 Å². The Bertz CT molecular complexity index is 538. The van der Waals surface area contributed by atoms with Crippen molar-refractivity contribution in [1.82, 2.24) is 20.2 Å². The van der Waals surface area contributed by atoms with Crippen molar-refractivity contribution in [3.8, 4) is 0 Å². The lowest BCUT2D eigenvalue weighted by atomic mass is 10.1. The number of hydrogen-bond donors (Lipinski definition) is 1. The van der Waals surface area contributed by atoms with Crippen molar-refractivity contribution in [3.05, 3.63) is 40.7 Å². The third kappa shape index (κ3) is 3.53. The predicted molar refractivity (Wildman–Crippen MR) is 64.3 cm³/mol. The number of rotatable bonds is 5. The number of carboxylic acid groups (broad SMARTS) is 1. The first kappa shape index (κ1) is 12.5. The molecule has 0 saturated carbocycles. The molecule has 2 aromatic rings. The third-order valence-corrected chi connectivity index (χ3v) is 2.55. The molecule has 0 aliphatic carbocycles. The number of nitrogens with zero attached hydrogens (tertiary/aromatic N) is 4. The van der Waals surface area contributed by atoms with Crippen molar-refractivity contribution >= 4 is 17.6 Å². The van der Waals surface area contributed by atoms with Crippen LogP contribution in [0.4, 0.5) is 0 Å². The Morgan fingerprint density at radius 1 is 1.33 bits per heavy atom. The summed E-state index contributed by atoms with van der Waals surface area (Å²) in [6.45, 7) is 0.225. The molecule has 0 atom stereocenters. The van der Waals surface area contributed by atoms with Crippen LogP contribution in [0.15, 0.2) is 24.3 Å². The number of carbonyl (C=O) groups is 1. The Hall–Kier alpha value is -1.95. The van der Waals surface area contributed by atoms with Gasteiger partial charge in [-0.05, 0) is 22.9 Å². The lowest BCUT2D eigenvalue weighted by Gasteiger charge is -1.96. The molecule has 0 bridgehead atoms. The van der Waals surface area contributed by atoms with Crippen molar-refractivity contribution in [3.63, 3.8) is 0 Å². The number of aromatic nitrogens is 4. The van der Waals surface area contributed by atoms with Gasteiger partial charge in [0.15, 0.2) is 5.82 Å². The number of benzene rings is 1. The van der Waals surface area contributed by atoms with Crippen LogP contribution in [0, 0.1) is 0 Å². The van der Waals surface area contributed by atoms with Crippen molar-refractivity contribution in [2.75, 3.05) is 0 Å². The molecule has 0 unspecified atom stereocenters. The number of carboxylic acids is 1. The summed E-state index contributed by atoms with van der Waals surface area (Å²) in [6.07, 6.45) is 0.529. The largest absolute Gasteiger partial charge is 0.481 e. The van der Waals surface area contributed by atoms with E-state index in [9.17, 15) is 4.79 Å². The van der Waals surface area contributed by atoms with E-state index in [4.69, 9.17) is 16.7 Å². The maximum absolute atomic E-state index is 10.4. The SMILES string of the molecule is O=C(O)CCn1nnc(Cc2ccc(Cl)cc2)n1. The molecule has 1 aromatic heterocycles. The van der Waals surface area contributed by atoms with Gasteiger partial charge in [-0.1, -0.05) is 23.7 Å². The summed E-state index contributed by atoms with van der Waals surface area (Å²) in [5, 5.41) is 21.0. The maximum atomic E-state index is 10.4. The zero-order chi connectivity index (χ0) is 13.0. The van der Waals surface area contributed by atoms with Gasteiger partial charge in [0.2, 0.25) is 0 Å². The van der Waals surface area contributed by atoms with Crippen LogP contribution in [0.3, 0.4) is 0 Å². The monoisotopic (exact) mass is 266 g/mol. The first-order valence-electron chi connectivity index (χ1n) is 5.36. The molecular weight excluding hydrogens is 256 g/mol. The Balaban J connectivity index is 1.97. The van der Waals surface area contributed by atoms with Gasteiger partial charge in [0.05, 0.1) is 13.0 Å². The number of aliphatic carboxylic acids is 1. The molecule has 0 aliphatic rings. The van der Waals surface area contributed by atoms with E-state index in [0.717, 1.165) is 5.56 Å². The smallest absolute Gasteiger partial charge is 0.305 e. The molecule has 2 rings (SSSR count). The molecular formula is C11H11ClN4O2. The lowest BCUT2D eigenvalue weighted by molar-refractivity contribution is -0.137. The molecule has 1 N–H and O–H groups in total. The summed E-state index contributed by atoms with van der Waals surface area (Å²) in [5.74, 6) is -0.325. The van der Waals surface area contributed by atoms with E-state index in [1.54, 1.807) is 12.1 Å². The van der Waals surface area contributed by atoms with Crippen molar-refractivity contribution in [2.24, 2.45) is 0 Å². The molecule has 0 saturated heterocycles. The molecule has 1 heterocycles. The van der Waals surface area contributed by atoms with Gasteiger partial charge in [0, 0.05) is 11.4 Å². The highest BCUT2D eigenvalue weighted by atomic mass is 35.5. The van der Waals surface area contributed by atoms with Crippen molar-refractivity contribution in [2.45, 2.75) is 19.4 Å². The van der Waals surface area contributed by atoms with E-state index in [-0.39, 0.29) is 13.0 Å². The summed E-state index contributed by atoms with van der Waals surface area (Å²) < 4.78 is 0. The van der Waals surface area contributed by atoms with Crippen LogP contribution in [-0.2, 0) is 17.8 Å². The minimum absolute atomic E-state index is 0.0171. The second-order valence-electron chi connectivity index (χ2n) is 3.75. The Kier molecular flexibility index (Phi) is 3.88. The quantitative estimate of drug-likeness (QED) is 0.884. The van der Waals surface area contributed by atoms with E-state index in [1.807, 2.05) is 12.1 Å². The van der Waals surface area contributed by atoms with E-state index < -0.39 is 5.97 Å². The third-order valence-electron chi connectivity index (χ3n) is 2.30. The van der Waals surface area contributed by atoms with E-state index >= 15 is 0 Å². The Morgan fingerprint density at radius 2 is 2.06 bits per heavy atom. The average Bonchev–Trinajstić information content (AvgIpc) is 2.77. The summed E-state index contributed by atoms with van der Waals surface area (Å²) in [5.41, 5.74) is 1.03. The standard InChI is InChI=1S/C11H11ClN4O2/c12-9-3-1-8(2-4-9)7-10-13-15-16(14-10)6-5-11(17)18/h1-4H,5-7H2,(H,17,18). The zero-order valence-corrected chi connectivity index (χ0v) is 10.2. The van der Waals surface area contributed by atoms with E-state index in [1.165, 1.54) is 4.80 Å². The highest BCUT2D eigenvalue weighted by molar-refractivity contribution is 6.30. The first-order chi connectivity index (χ1) is 8.63. The summed E-state index contributed by atoms with van der Waals surface area (Å²) in [7, 11) is 0. The average molecular weight is 267 g/mol. The second kappa shape index (κ2) is 5.59. The fourth-order valence-corrected chi connectivity index (χ4v) is 1.55. The van der Waals surface area contributed by atoms with Crippen LogP contribution in [0.2, 0.25) is 5.02 Å². The number of tetrazole rings is 1. The van der Waals surface area contributed by atoms with Gasteiger partial charge in [0.25, 0.3) is 0 Å². The fourth-order valence-electron chi connectivity index (χ4n) is 1.42. The highest BCUT2D eigenvalue weighted by Gasteiger charge is 2.05. The summed E-state index contributed by atoms with van der Waals surface area (Å²) >= 11 is 5.79. The van der Waals surface area contributed by atoms with Crippen molar-refractivity contribution in [1.29, 1.82) is 0 Å². The molecule has 6 nitrogen and oxygen atoms in total. The molecule has 18 heavy (non-hydrogen) atoms. The predicted octanol–water partition coefficient (Wildman–Crippen LogP) is 1.39. The van der Waals surface area contributed by atoms with E-state index in [0.29, 0.717) is 17.3 Å². The van der Waals surface area contributed by atoms with Crippen molar-refractivity contribution < 1.29 is 9.90 Å². The minimum Gasteiger partial charge on any atom is -0.481 e. The summed E-state index contributed by atoms with van der Waals surface area (Å²) in [6, 6.07) is 7.37. The van der Waals surface area contributed by atoms with Gasteiger partial charge in [-0.2, -0.15) is 4.80 Å². The molecule has 0 radical (unpaired) electrons. The molecule has 0 spiro atoms. The lowest BCUT2D eigenvalue weighted by Crippen LogP contribution is -2.07. The topological polar surface area (TPSA) is 80.9 Å². The second-order valence-corrected chi connectivity index (χ2v) is 4.18. The zero-order valence-electron chi connectivity index (χ0n) is 9.45. The van der Waals surface area contributed by atoms with Gasteiger partial charge in [-0.25, -0.2) is 0 Å². The van der Waals surface area contributed by atoms with Gasteiger partial charge in [-0.3, -0.25) is 4.79 Å². The molecule has 0 amide bonds. The number of halogens is 1. The number of aryl methyl sites for hydroxylation is 1. The Morgan fingerprint density at radius 3 is 2.72 bits per heavy atom. The van der Waals surface area contributed by atoms with E-state index in [2.05, 4.69) is 15.4 Å². The molecule has 7 heteroatoms. The van der Waals surface area contributed by atoms with Crippen LogP contribution in [0.5, 0.6) is 0 Å². The molecule has 1 aromatic carbocycles.